The lowest BCUT2D eigenvalue weighted by Crippen LogP contribution is -2.40. The number of carbonyl (C=O) groups excluding carboxylic acids is 1. The van der Waals surface area contributed by atoms with E-state index in [9.17, 15) is 23.2 Å². The van der Waals surface area contributed by atoms with E-state index in [0.29, 0.717) is 6.07 Å². The van der Waals surface area contributed by atoms with Crippen LogP contribution in [-0.4, -0.2) is 48.9 Å². The minimum atomic E-state index is -0.846. The standard InChI is InChI=1S/C19H19BrF3N7O4/c1-33-29-18(16(24)17(28-32)26-12-2-3-15(23)14(20)9-12)30-34-5-4-25-19(31)27-13-7-10(21)6-11(22)8-13/h2-3,6-9,24,32H,4-5H2,1H3,(H,26,28)(H,29,30)(H2,25,27,31). The molecule has 34 heavy (non-hydrogen) atoms. The first kappa shape index (κ1) is 26.6. The lowest BCUT2D eigenvalue weighted by atomic mass is 10.3. The molecule has 0 saturated heterocycles. The van der Waals surface area contributed by atoms with Crippen LogP contribution in [0, 0.1) is 22.9 Å². The van der Waals surface area contributed by atoms with E-state index in [1.165, 1.54) is 19.2 Å². The molecule has 0 aliphatic carbocycles. The summed E-state index contributed by atoms with van der Waals surface area (Å²) in [6.45, 7) is -0.236. The van der Waals surface area contributed by atoms with Crippen molar-refractivity contribution in [3.05, 3.63) is 58.3 Å². The van der Waals surface area contributed by atoms with Gasteiger partial charge in [0.05, 0.1) is 23.8 Å². The molecule has 2 aromatic rings. The molecule has 0 spiro atoms. The fraction of sp³-hybridized carbons (Fsp3) is 0.158. The summed E-state index contributed by atoms with van der Waals surface area (Å²) in [7, 11) is 1.24. The predicted molar refractivity (Wildman–Crippen MR) is 121 cm³/mol. The molecule has 182 valence electrons. The summed E-state index contributed by atoms with van der Waals surface area (Å²) >= 11 is 3.01. The number of halogens is 4. The molecule has 0 saturated carbocycles. The minimum Gasteiger partial charge on any atom is -0.392 e. The molecule has 2 aromatic carbocycles. The summed E-state index contributed by atoms with van der Waals surface area (Å²) in [5.41, 5.74) is 3.66. The normalized spacial score (nSPS) is 11.6. The maximum Gasteiger partial charge on any atom is 0.319 e. The van der Waals surface area contributed by atoms with E-state index in [4.69, 9.17) is 15.1 Å². The minimum absolute atomic E-state index is 0.0659. The number of oxime groups is 1. The Kier molecular flexibility index (Phi) is 10.3. The van der Waals surface area contributed by atoms with Gasteiger partial charge in [-0.25, -0.2) is 28.4 Å². The Morgan fingerprint density at radius 2 is 1.85 bits per heavy atom. The summed E-state index contributed by atoms with van der Waals surface area (Å²) in [6.07, 6.45) is 0. The van der Waals surface area contributed by atoms with E-state index >= 15 is 0 Å². The van der Waals surface area contributed by atoms with Crippen LogP contribution < -0.4 is 21.6 Å². The number of carbonyl (C=O) groups is 1. The Bertz CT molecular complexity index is 1080. The quantitative estimate of drug-likeness (QED) is 0.123. The van der Waals surface area contributed by atoms with E-state index in [0.717, 1.165) is 18.2 Å². The largest absolute Gasteiger partial charge is 0.392 e. The highest BCUT2D eigenvalue weighted by Crippen LogP contribution is 2.22. The van der Waals surface area contributed by atoms with Gasteiger partial charge in [-0.15, -0.1) is 0 Å². The lowest BCUT2D eigenvalue weighted by Gasteiger charge is -2.11. The molecule has 0 fully saturated rings. The van der Waals surface area contributed by atoms with Crippen LogP contribution in [-0.2, 0) is 9.68 Å². The molecule has 11 nitrogen and oxygen atoms in total. The third-order valence-electron chi connectivity index (χ3n) is 3.68. The van der Waals surface area contributed by atoms with E-state index in [1.54, 1.807) is 5.48 Å². The average molecular weight is 546 g/mol. The third-order valence-corrected chi connectivity index (χ3v) is 4.29. The van der Waals surface area contributed by atoms with Gasteiger partial charge in [0.25, 0.3) is 0 Å². The van der Waals surface area contributed by atoms with Crippen molar-refractivity contribution in [2.75, 3.05) is 25.6 Å². The van der Waals surface area contributed by atoms with Crippen LogP contribution in [0.1, 0.15) is 0 Å². The first-order valence-corrected chi connectivity index (χ1v) is 10.1. The van der Waals surface area contributed by atoms with Gasteiger partial charge in [0.15, 0.2) is 5.84 Å². The van der Waals surface area contributed by atoms with Crippen molar-refractivity contribution < 1.29 is 32.8 Å². The zero-order valence-corrected chi connectivity index (χ0v) is 19.0. The van der Waals surface area contributed by atoms with Crippen molar-refractivity contribution in [1.82, 2.24) is 16.3 Å². The Morgan fingerprint density at radius 3 is 2.47 bits per heavy atom. The number of rotatable bonds is 9. The fourth-order valence-corrected chi connectivity index (χ4v) is 2.63. The maximum atomic E-state index is 13.4. The van der Waals surface area contributed by atoms with Crippen molar-refractivity contribution in [3.63, 3.8) is 0 Å². The van der Waals surface area contributed by atoms with Gasteiger partial charge >= 0.3 is 6.03 Å². The predicted octanol–water partition coefficient (Wildman–Crippen LogP) is 3.20. The molecule has 0 heterocycles. The second-order valence-corrected chi connectivity index (χ2v) is 7.02. The van der Waals surface area contributed by atoms with Crippen LogP contribution in [0.5, 0.6) is 0 Å². The number of amides is 2. The highest BCUT2D eigenvalue weighted by atomic mass is 79.9. The summed E-state index contributed by atoms with van der Waals surface area (Å²) in [4.78, 5) is 25.5. The number of nitrogens with one attached hydrogen (secondary N) is 5. The van der Waals surface area contributed by atoms with Crippen LogP contribution >= 0.6 is 15.9 Å². The van der Waals surface area contributed by atoms with Crippen LogP contribution in [0.4, 0.5) is 29.3 Å². The summed E-state index contributed by atoms with van der Waals surface area (Å²) < 4.78 is 39.8. The van der Waals surface area contributed by atoms with Gasteiger partial charge in [0.2, 0.25) is 5.84 Å². The number of nitrogens with zero attached hydrogens (tertiary/aromatic N) is 2. The van der Waals surface area contributed by atoms with Gasteiger partial charge in [-0.05, 0) is 46.3 Å². The van der Waals surface area contributed by atoms with Gasteiger partial charge < -0.3 is 15.5 Å². The fourth-order valence-electron chi connectivity index (χ4n) is 2.27. The number of anilines is 1. The Hall–Kier alpha value is -3.69. The topological polar surface area (TPSA) is 152 Å². The lowest BCUT2D eigenvalue weighted by molar-refractivity contribution is 0.122. The van der Waals surface area contributed by atoms with E-state index in [2.05, 4.69) is 42.2 Å². The zero-order chi connectivity index (χ0) is 25.1. The van der Waals surface area contributed by atoms with Gasteiger partial charge in [0, 0.05) is 11.8 Å². The first-order chi connectivity index (χ1) is 16.2. The molecular formula is C19H19BrF3N7O4. The molecule has 0 atom stereocenters. The molecule has 2 rings (SSSR count). The third kappa shape index (κ3) is 8.34. The molecule has 0 aliphatic rings. The van der Waals surface area contributed by atoms with E-state index < -0.39 is 29.2 Å². The van der Waals surface area contributed by atoms with Crippen LogP contribution in [0.2, 0.25) is 0 Å². The first-order valence-electron chi connectivity index (χ1n) is 9.26. The molecule has 0 unspecified atom stereocenters. The number of urea groups is 1. The molecular weight excluding hydrogens is 527 g/mol. The summed E-state index contributed by atoms with van der Waals surface area (Å²) in [5, 5.41) is 25.7. The van der Waals surface area contributed by atoms with Crippen molar-refractivity contribution in [3.8, 4) is 0 Å². The number of hydrogen-bond donors (Lipinski definition) is 6. The summed E-state index contributed by atoms with van der Waals surface area (Å²) in [5.74, 6) is -2.88. The van der Waals surface area contributed by atoms with Crippen LogP contribution in [0.3, 0.4) is 0 Å². The number of hydrogen-bond acceptors (Lipinski definition) is 7. The molecule has 0 aliphatic heterocycles. The Morgan fingerprint density at radius 1 is 1.15 bits per heavy atom. The highest BCUT2D eigenvalue weighted by Gasteiger charge is 2.16. The smallest absolute Gasteiger partial charge is 0.319 e. The molecule has 6 N–H and O–H groups in total. The number of amidine groups is 2. The van der Waals surface area contributed by atoms with Crippen molar-refractivity contribution in [2.45, 2.75) is 0 Å². The molecule has 2 amide bonds. The van der Waals surface area contributed by atoms with Gasteiger partial charge in [-0.2, -0.15) is 0 Å². The highest BCUT2D eigenvalue weighted by molar-refractivity contribution is 9.10. The van der Waals surface area contributed by atoms with E-state index in [-0.39, 0.29) is 40.7 Å². The Labute approximate surface area is 199 Å². The van der Waals surface area contributed by atoms with Gasteiger partial charge in [-0.3, -0.25) is 20.9 Å². The number of hydroxylamine groups is 2. The van der Waals surface area contributed by atoms with Crippen molar-refractivity contribution in [2.24, 2.45) is 10.1 Å². The van der Waals surface area contributed by atoms with Gasteiger partial charge in [-0.1, -0.05) is 5.16 Å². The monoisotopic (exact) mass is 545 g/mol. The molecule has 15 heteroatoms. The zero-order valence-electron chi connectivity index (χ0n) is 17.5. The molecule has 0 bridgehead atoms. The summed E-state index contributed by atoms with van der Waals surface area (Å²) in [6, 6.07) is 5.58. The number of aliphatic imine (C=N–C) groups is 1. The van der Waals surface area contributed by atoms with Crippen LogP contribution in [0.15, 0.2) is 51.0 Å². The van der Waals surface area contributed by atoms with Crippen LogP contribution in [0.25, 0.3) is 0 Å². The van der Waals surface area contributed by atoms with E-state index in [1.807, 2.05) is 0 Å². The SMILES string of the molecule is CONC(=NOCCNC(=O)Nc1cc(F)cc(F)c1)C(=N)C(=Nc1ccc(F)c(Br)c1)NO. The van der Waals surface area contributed by atoms with Crippen molar-refractivity contribution >= 4 is 50.7 Å². The average Bonchev–Trinajstić information content (AvgIpc) is 2.77. The maximum absolute atomic E-state index is 13.4. The number of benzene rings is 2. The van der Waals surface area contributed by atoms with Gasteiger partial charge in [0.1, 0.15) is 29.8 Å². The second-order valence-electron chi connectivity index (χ2n) is 6.16. The second kappa shape index (κ2) is 13.1. The van der Waals surface area contributed by atoms with Crippen molar-refractivity contribution in [1.29, 1.82) is 5.41 Å². The Balaban J connectivity index is 1.94. The molecule has 0 radical (unpaired) electrons. The molecule has 0 aromatic heterocycles.